The summed E-state index contributed by atoms with van der Waals surface area (Å²) in [6.07, 6.45) is 6.38. The highest BCUT2D eigenvalue weighted by molar-refractivity contribution is 5.56. The minimum absolute atomic E-state index is 1.11. The minimum atomic E-state index is 1.11. The van der Waals surface area contributed by atoms with E-state index in [1.54, 1.807) is 0 Å². The molecule has 0 aliphatic heterocycles. The molecule has 1 aromatic rings. The molecule has 1 aliphatic carbocycles. The molecule has 0 spiro atoms. The van der Waals surface area contributed by atoms with Crippen LogP contribution in [-0.4, -0.2) is 4.98 Å². The fourth-order valence-corrected chi connectivity index (χ4v) is 1.44. The Morgan fingerprint density at radius 3 is 3.18 bits per heavy atom. The molecule has 1 heteroatoms. The first-order valence-electron chi connectivity index (χ1n) is 3.97. The maximum absolute atomic E-state index is 4.31. The molecule has 1 heterocycles. The molecule has 0 bridgehead atoms. The summed E-state index contributed by atoms with van der Waals surface area (Å²) in [7, 11) is 0. The van der Waals surface area contributed by atoms with Gasteiger partial charge in [-0.1, -0.05) is 17.7 Å². The largest absolute Gasteiger partial charge is 0.261 e. The molecule has 11 heavy (non-hydrogen) atoms. The van der Waals surface area contributed by atoms with Crippen molar-refractivity contribution < 1.29 is 0 Å². The highest BCUT2D eigenvalue weighted by Gasteiger charge is 2.06. The van der Waals surface area contributed by atoms with Crippen LogP contribution in [0.2, 0.25) is 0 Å². The van der Waals surface area contributed by atoms with E-state index < -0.39 is 0 Å². The second-order valence-corrected chi connectivity index (χ2v) is 3.03. The molecule has 2 rings (SSSR count). The van der Waals surface area contributed by atoms with Gasteiger partial charge < -0.3 is 0 Å². The van der Waals surface area contributed by atoms with Crippen molar-refractivity contribution in [3.63, 3.8) is 0 Å². The number of nitrogens with zero attached hydrogens (tertiary/aromatic N) is 1. The van der Waals surface area contributed by atoms with Gasteiger partial charge in [0.2, 0.25) is 0 Å². The number of allylic oxidation sites excluding steroid dienone is 1. The van der Waals surface area contributed by atoms with Gasteiger partial charge in [0.25, 0.3) is 0 Å². The van der Waals surface area contributed by atoms with E-state index in [-0.39, 0.29) is 0 Å². The molecule has 0 unspecified atom stereocenters. The number of rotatable bonds is 0. The normalized spacial score (nSPS) is 15.5. The van der Waals surface area contributed by atoms with Gasteiger partial charge in [-0.15, -0.1) is 0 Å². The molecule has 0 saturated carbocycles. The summed E-state index contributed by atoms with van der Waals surface area (Å²) in [6.45, 7) is 2.18. The lowest BCUT2D eigenvalue weighted by Gasteiger charge is -2.11. The van der Waals surface area contributed by atoms with E-state index in [1.165, 1.54) is 23.3 Å². The fraction of sp³-hybridized carbons (Fsp3) is 0.300. The number of pyridine rings is 1. The van der Waals surface area contributed by atoms with Gasteiger partial charge in [-0.2, -0.15) is 0 Å². The number of hydrogen-bond donors (Lipinski definition) is 0. The summed E-state index contributed by atoms with van der Waals surface area (Å²) in [5, 5.41) is 0. The van der Waals surface area contributed by atoms with Gasteiger partial charge in [-0.3, -0.25) is 4.98 Å². The first kappa shape index (κ1) is 6.59. The third-order valence-corrected chi connectivity index (χ3v) is 2.08. The van der Waals surface area contributed by atoms with Crippen molar-refractivity contribution in [2.24, 2.45) is 0 Å². The molecular weight excluding hydrogens is 134 g/mol. The highest BCUT2D eigenvalue weighted by atomic mass is 14.7. The molecule has 1 aromatic heterocycles. The lowest BCUT2D eigenvalue weighted by Crippen LogP contribution is -1.99. The van der Waals surface area contributed by atoms with Gasteiger partial charge >= 0.3 is 0 Å². The maximum Gasteiger partial charge on any atom is 0.0479 e. The van der Waals surface area contributed by atoms with E-state index in [4.69, 9.17) is 0 Å². The third kappa shape index (κ3) is 1.18. The third-order valence-electron chi connectivity index (χ3n) is 2.08. The Morgan fingerprint density at radius 2 is 2.27 bits per heavy atom. The summed E-state index contributed by atoms with van der Waals surface area (Å²) in [6, 6.07) is 4.12. The molecule has 0 aromatic carbocycles. The van der Waals surface area contributed by atoms with Gasteiger partial charge in [0.05, 0.1) is 0 Å². The standard InChI is InChI=1S/C10H11N/c1-8-4-5-10-9(7-8)3-2-6-11-10/h2-3,6-7H,4-5H2,1H3. The topological polar surface area (TPSA) is 12.9 Å². The SMILES string of the molecule is CC1=Cc2cccnc2CC1. The first-order valence-corrected chi connectivity index (χ1v) is 3.97. The fourth-order valence-electron chi connectivity index (χ4n) is 1.44. The van der Waals surface area contributed by atoms with Gasteiger partial charge in [-0.05, 0) is 31.4 Å². The zero-order valence-electron chi connectivity index (χ0n) is 6.67. The molecule has 1 nitrogen and oxygen atoms in total. The second kappa shape index (κ2) is 2.50. The summed E-state index contributed by atoms with van der Waals surface area (Å²) < 4.78 is 0. The Kier molecular flexibility index (Phi) is 1.50. The molecular formula is C10H11N. The Hall–Kier alpha value is -1.11. The maximum atomic E-state index is 4.31. The zero-order valence-corrected chi connectivity index (χ0v) is 6.67. The zero-order chi connectivity index (χ0) is 7.68. The Balaban J connectivity index is 2.51. The van der Waals surface area contributed by atoms with Crippen LogP contribution >= 0.6 is 0 Å². The number of aryl methyl sites for hydroxylation is 1. The molecule has 56 valence electrons. The lowest BCUT2D eigenvalue weighted by atomic mass is 9.98. The van der Waals surface area contributed by atoms with Gasteiger partial charge in [0.15, 0.2) is 0 Å². The van der Waals surface area contributed by atoms with Crippen LogP contribution < -0.4 is 0 Å². The van der Waals surface area contributed by atoms with E-state index in [9.17, 15) is 0 Å². The Bertz CT molecular complexity index is 299. The van der Waals surface area contributed by atoms with Crippen molar-refractivity contribution in [3.05, 3.63) is 35.2 Å². The molecule has 0 atom stereocenters. The number of aromatic nitrogens is 1. The van der Waals surface area contributed by atoms with Crippen molar-refractivity contribution in [2.75, 3.05) is 0 Å². The molecule has 0 radical (unpaired) electrons. The smallest absolute Gasteiger partial charge is 0.0479 e. The van der Waals surface area contributed by atoms with Crippen molar-refractivity contribution in [2.45, 2.75) is 19.8 Å². The van der Waals surface area contributed by atoms with Crippen LogP contribution in [0.3, 0.4) is 0 Å². The number of hydrogen-bond acceptors (Lipinski definition) is 1. The Labute approximate surface area is 66.8 Å². The summed E-state index contributed by atoms with van der Waals surface area (Å²) in [5.41, 5.74) is 4.01. The van der Waals surface area contributed by atoms with Gasteiger partial charge in [0, 0.05) is 11.9 Å². The molecule has 0 N–H and O–H groups in total. The van der Waals surface area contributed by atoms with Crippen LogP contribution in [0.25, 0.3) is 6.08 Å². The van der Waals surface area contributed by atoms with E-state index in [2.05, 4.69) is 24.1 Å². The second-order valence-electron chi connectivity index (χ2n) is 3.03. The van der Waals surface area contributed by atoms with Crippen LogP contribution in [0.5, 0.6) is 0 Å². The lowest BCUT2D eigenvalue weighted by molar-refractivity contribution is 0.884. The highest BCUT2D eigenvalue weighted by Crippen LogP contribution is 2.20. The van der Waals surface area contributed by atoms with Gasteiger partial charge in [-0.25, -0.2) is 0 Å². The monoisotopic (exact) mass is 145 g/mol. The average molecular weight is 145 g/mol. The van der Waals surface area contributed by atoms with Crippen LogP contribution in [0.1, 0.15) is 24.6 Å². The summed E-state index contributed by atoms with van der Waals surface area (Å²) >= 11 is 0. The van der Waals surface area contributed by atoms with Crippen molar-refractivity contribution >= 4 is 6.08 Å². The average Bonchev–Trinajstić information content (AvgIpc) is 2.04. The van der Waals surface area contributed by atoms with E-state index in [0.717, 1.165) is 6.42 Å². The van der Waals surface area contributed by atoms with E-state index in [1.807, 2.05) is 12.3 Å². The van der Waals surface area contributed by atoms with Crippen molar-refractivity contribution in [3.8, 4) is 0 Å². The molecule has 0 fully saturated rings. The predicted octanol–water partition coefficient (Wildman–Crippen LogP) is 2.43. The van der Waals surface area contributed by atoms with Gasteiger partial charge in [0.1, 0.15) is 0 Å². The van der Waals surface area contributed by atoms with Crippen molar-refractivity contribution in [1.29, 1.82) is 0 Å². The van der Waals surface area contributed by atoms with E-state index in [0.29, 0.717) is 0 Å². The van der Waals surface area contributed by atoms with E-state index >= 15 is 0 Å². The van der Waals surface area contributed by atoms with Crippen LogP contribution in [0, 0.1) is 0 Å². The molecule has 0 amide bonds. The summed E-state index contributed by atoms with van der Waals surface area (Å²) in [5.74, 6) is 0. The van der Waals surface area contributed by atoms with Crippen LogP contribution in [0.15, 0.2) is 23.9 Å². The summed E-state index contributed by atoms with van der Waals surface area (Å²) in [4.78, 5) is 4.31. The molecule has 0 saturated heterocycles. The first-order chi connectivity index (χ1) is 5.36. The quantitative estimate of drug-likeness (QED) is 0.546. The molecule has 1 aliphatic rings. The van der Waals surface area contributed by atoms with Crippen molar-refractivity contribution in [1.82, 2.24) is 4.98 Å². The van der Waals surface area contributed by atoms with Crippen LogP contribution in [0.4, 0.5) is 0 Å². The minimum Gasteiger partial charge on any atom is -0.261 e. The Morgan fingerprint density at radius 1 is 1.36 bits per heavy atom. The van der Waals surface area contributed by atoms with Crippen LogP contribution in [-0.2, 0) is 6.42 Å². The predicted molar refractivity (Wildman–Crippen MR) is 46.2 cm³/mol. The number of fused-ring (bicyclic) bond motifs is 1.